The van der Waals surface area contributed by atoms with Gasteiger partial charge < -0.3 is 10.2 Å². The van der Waals surface area contributed by atoms with Gasteiger partial charge in [0.25, 0.3) is 0 Å². The van der Waals surface area contributed by atoms with E-state index in [0.29, 0.717) is 18.4 Å². The van der Waals surface area contributed by atoms with Gasteiger partial charge in [0, 0.05) is 17.8 Å². The standard InChI is InChI=1S/C9H10N2O3/c12-7(8(13)14)9(1-2-9)6-3-10-5-11-4-6/h3-5,7,12H,1-2H2,(H,13,14). The van der Waals surface area contributed by atoms with Crippen LogP contribution in [0.3, 0.4) is 0 Å². The third-order valence-electron chi connectivity index (χ3n) is 2.68. The van der Waals surface area contributed by atoms with Gasteiger partial charge in [-0.2, -0.15) is 0 Å². The molecule has 14 heavy (non-hydrogen) atoms. The summed E-state index contributed by atoms with van der Waals surface area (Å²) in [6.45, 7) is 0. The molecule has 74 valence electrons. The molecule has 1 aromatic heterocycles. The molecule has 1 unspecified atom stereocenters. The Balaban J connectivity index is 2.30. The highest BCUT2D eigenvalue weighted by atomic mass is 16.4. The quantitative estimate of drug-likeness (QED) is 0.705. The normalized spacial score (nSPS) is 20.1. The Morgan fingerprint density at radius 3 is 2.43 bits per heavy atom. The fourth-order valence-electron chi connectivity index (χ4n) is 1.65. The summed E-state index contributed by atoms with van der Waals surface area (Å²) in [5.41, 5.74) is 0.0579. The summed E-state index contributed by atoms with van der Waals surface area (Å²) in [6.07, 6.45) is 4.50. The number of rotatable bonds is 3. The molecule has 1 aromatic rings. The lowest BCUT2D eigenvalue weighted by Crippen LogP contribution is -2.33. The molecule has 0 saturated heterocycles. The van der Waals surface area contributed by atoms with Gasteiger partial charge in [-0.1, -0.05) is 0 Å². The highest BCUT2D eigenvalue weighted by Gasteiger charge is 2.53. The van der Waals surface area contributed by atoms with Crippen molar-refractivity contribution in [1.82, 2.24) is 9.97 Å². The van der Waals surface area contributed by atoms with Crippen molar-refractivity contribution in [1.29, 1.82) is 0 Å². The molecule has 2 N–H and O–H groups in total. The molecule has 1 aliphatic carbocycles. The van der Waals surface area contributed by atoms with Gasteiger partial charge in [0.1, 0.15) is 6.33 Å². The number of carboxylic acid groups (broad SMARTS) is 1. The lowest BCUT2D eigenvalue weighted by molar-refractivity contribution is -0.148. The molecule has 1 saturated carbocycles. The molecule has 1 aliphatic rings. The first-order chi connectivity index (χ1) is 6.67. The Morgan fingerprint density at radius 1 is 1.43 bits per heavy atom. The summed E-state index contributed by atoms with van der Waals surface area (Å²) in [7, 11) is 0. The van der Waals surface area contributed by atoms with Crippen LogP contribution in [0.1, 0.15) is 18.4 Å². The number of nitrogens with zero attached hydrogens (tertiary/aromatic N) is 2. The van der Waals surface area contributed by atoms with Crippen molar-refractivity contribution >= 4 is 5.97 Å². The van der Waals surface area contributed by atoms with Crippen LogP contribution in [0.5, 0.6) is 0 Å². The van der Waals surface area contributed by atoms with Crippen LogP contribution in [0.25, 0.3) is 0 Å². The highest BCUT2D eigenvalue weighted by molar-refractivity contribution is 5.75. The zero-order valence-corrected chi connectivity index (χ0v) is 7.42. The number of aliphatic carboxylic acids is 1. The number of carboxylic acids is 1. The summed E-state index contributed by atoms with van der Waals surface area (Å²) >= 11 is 0. The summed E-state index contributed by atoms with van der Waals surface area (Å²) in [5, 5.41) is 18.2. The van der Waals surface area contributed by atoms with Crippen LogP contribution >= 0.6 is 0 Å². The number of hydrogen-bond donors (Lipinski definition) is 2. The van der Waals surface area contributed by atoms with Crippen molar-refractivity contribution in [2.24, 2.45) is 0 Å². The largest absolute Gasteiger partial charge is 0.479 e. The van der Waals surface area contributed by atoms with E-state index in [0.717, 1.165) is 0 Å². The van der Waals surface area contributed by atoms with Crippen LogP contribution in [0.2, 0.25) is 0 Å². The van der Waals surface area contributed by atoms with E-state index >= 15 is 0 Å². The van der Waals surface area contributed by atoms with Crippen molar-refractivity contribution in [2.75, 3.05) is 0 Å². The van der Waals surface area contributed by atoms with E-state index in [-0.39, 0.29) is 0 Å². The fourth-order valence-corrected chi connectivity index (χ4v) is 1.65. The SMILES string of the molecule is O=C(O)C(O)C1(c2cncnc2)CC1. The van der Waals surface area contributed by atoms with Crippen LogP contribution in [-0.4, -0.2) is 32.3 Å². The molecule has 2 rings (SSSR count). The molecule has 0 spiro atoms. The minimum atomic E-state index is -1.35. The smallest absolute Gasteiger partial charge is 0.333 e. The Morgan fingerprint density at radius 2 is 2.00 bits per heavy atom. The average molecular weight is 194 g/mol. The summed E-state index contributed by atoms with van der Waals surface area (Å²) in [4.78, 5) is 18.3. The van der Waals surface area contributed by atoms with E-state index in [1.807, 2.05) is 0 Å². The lowest BCUT2D eigenvalue weighted by Gasteiger charge is -2.17. The van der Waals surface area contributed by atoms with Gasteiger partial charge in [-0.25, -0.2) is 14.8 Å². The Hall–Kier alpha value is -1.49. The molecule has 0 bridgehead atoms. The van der Waals surface area contributed by atoms with Gasteiger partial charge in [-0.3, -0.25) is 0 Å². The minimum Gasteiger partial charge on any atom is -0.479 e. The van der Waals surface area contributed by atoms with Gasteiger partial charge in [0.15, 0.2) is 6.10 Å². The monoisotopic (exact) mass is 194 g/mol. The molecule has 0 amide bonds. The van der Waals surface area contributed by atoms with Gasteiger partial charge >= 0.3 is 5.97 Å². The first-order valence-corrected chi connectivity index (χ1v) is 4.33. The number of carbonyl (C=O) groups is 1. The van der Waals surface area contributed by atoms with E-state index in [9.17, 15) is 9.90 Å². The second-order valence-electron chi connectivity index (χ2n) is 3.52. The minimum absolute atomic E-state index is 0.646. The van der Waals surface area contributed by atoms with Gasteiger partial charge in [0.05, 0.1) is 0 Å². The molecular formula is C9H10N2O3. The Kier molecular flexibility index (Phi) is 1.96. The van der Waals surface area contributed by atoms with Gasteiger partial charge in [-0.05, 0) is 18.4 Å². The maximum atomic E-state index is 10.7. The number of aromatic nitrogens is 2. The van der Waals surface area contributed by atoms with Crippen molar-refractivity contribution < 1.29 is 15.0 Å². The first kappa shape index (κ1) is 9.08. The molecule has 1 atom stereocenters. The zero-order chi connectivity index (χ0) is 10.2. The van der Waals surface area contributed by atoms with Crippen molar-refractivity contribution in [3.05, 3.63) is 24.3 Å². The summed E-state index contributed by atoms with van der Waals surface area (Å²) in [5.74, 6) is -1.19. The first-order valence-electron chi connectivity index (χ1n) is 4.33. The topological polar surface area (TPSA) is 83.3 Å². The highest BCUT2D eigenvalue weighted by Crippen LogP contribution is 2.50. The van der Waals surface area contributed by atoms with Crippen LogP contribution in [0.15, 0.2) is 18.7 Å². The van der Waals surface area contributed by atoms with E-state index in [4.69, 9.17) is 5.11 Å². The lowest BCUT2D eigenvalue weighted by atomic mass is 9.92. The molecule has 0 radical (unpaired) electrons. The molecular weight excluding hydrogens is 184 g/mol. The molecule has 5 nitrogen and oxygen atoms in total. The predicted octanol–water partition coefficient (Wildman–Crippen LogP) is -0.0463. The van der Waals surface area contributed by atoms with Crippen molar-refractivity contribution in [3.8, 4) is 0 Å². The molecule has 0 aliphatic heterocycles. The summed E-state index contributed by atoms with van der Waals surface area (Å²) in [6, 6.07) is 0. The Bertz CT molecular complexity index is 348. The van der Waals surface area contributed by atoms with E-state index in [1.165, 1.54) is 6.33 Å². The van der Waals surface area contributed by atoms with Crippen LogP contribution in [0, 0.1) is 0 Å². The van der Waals surface area contributed by atoms with Crippen LogP contribution in [-0.2, 0) is 10.2 Å². The second kappa shape index (κ2) is 3.02. The van der Waals surface area contributed by atoms with Gasteiger partial charge in [0.2, 0.25) is 0 Å². The molecule has 1 heterocycles. The van der Waals surface area contributed by atoms with Crippen molar-refractivity contribution in [2.45, 2.75) is 24.4 Å². The third-order valence-corrected chi connectivity index (χ3v) is 2.68. The van der Waals surface area contributed by atoms with E-state index < -0.39 is 17.5 Å². The van der Waals surface area contributed by atoms with E-state index in [1.54, 1.807) is 12.4 Å². The molecule has 5 heteroatoms. The maximum absolute atomic E-state index is 10.7. The van der Waals surface area contributed by atoms with Crippen LogP contribution in [0.4, 0.5) is 0 Å². The molecule has 1 fully saturated rings. The number of hydrogen-bond acceptors (Lipinski definition) is 4. The maximum Gasteiger partial charge on any atom is 0.333 e. The fraction of sp³-hybridized carbons (Fsp3) is 0.444. The Labute approximate surface area is 80.4 Å². The zero-order valence-electron chi connectivity index (χ0n) is 7.42. The van der Waals surface area contributed by atoms with Crippen molar-refractivity contribution in [3.63, 3.8) is 0 Å². The average Bonchev–Trinajstić information content (AvgIpc) is 2.99. The number of aliphatic hydroxyl groups excluding tert-OH is 1. The predicted molar refractivity (Wildman–Crippen MR) is 46.6 cm³/mol. The third kappa shape index (κ3) is 1.26. The molecule has 0 aromatic carbocycles. The van der Waals surface area contributed by atoms with E-state index in [2.05, 4.69) is 9.97 Å². The van der Waals surface area contributed by atoms with Gasteiger partial charge in [-0.15, -0.1) is 0 Å². The summed E-state index contributed by atoms with van der Waals surface area (Å²) < 4.78 is 0. The number of aliphatic hydroxyl groups is 1. The second-order valence-corrected chi connectivity index (χ2v) is 3.52. The van der Waals surface area contributed by atoms with Crippen LogP contribution < -0.4 is 0 Å².